The van der Waals surface area contributed by atoms with E-state index in [4.69, 9.17) is 32.7 Å². The molecular weight excluding hydrogens is 516 g/mol. The van der Waals surface area contributed by atoms with Gasteiger partial charge in [0.2, 0.25) is 0 Å². The highest BCUT2D eigenvalue weighted by atomic mass is 35.5. The van der Waals surface area contributed by atoms with E-state index in [-0.39, 0.29) is 22.9 Å². The summed E-state index contributed by atoms with van der Waals surface area (Å²) in [7, 11) is 0. The van der Waals surface area contributed by atoms with Crippen LogP contribution in [0.4, 0.5) is 18.9 Å². The number of nitrogens with one attached hydrogen (secondary N) is 1. The number of anilines is 1. The quantitative estimate of drug-likeness (QED) is 0.239. The van der Waals surface area contributed by atoms with Gasteiger partial charge in [-0.05, 0) is 66.6 Å². The van der Waals surface area contributed by atoms with E-state index in [1.807, 2.05) is 12.1 Å². The molecule has 0 heterocycles. The molecule has 0 radical (unpaired) electrons. The fraction of sp³-hybridized carbons (Fsp3) is 0.154. The number of nitrogens with zero attached hydrogens (tertiary/aromatic N) is 1. The minimum atomic E-state index is -4.62. The first-order valence-corrected chi connectivity index (χ1v) is 11.3. The Morgan fingerprint density at radius 2 is 1.75 bits per heavy atom. The molecular formula is C26H19Cl2F3N2O3. The van der Waals surface area contributed by atoms with Crippen LogP contribution in [-0.2, 0) is 17.6 Å². The Morgan fingerprint density at radius 1 is 1.03 bits per heavy atom. The van der Waals surface area contributed by atoms with Crippen LogP contribution in [0.5, 0.6) is 11.5 Å². The number of rotatable bonds is 8. The van der Waals surface area contributed by atoms with Gasteiger partial charge in [-0.25, -0.2) is 0 Å². The number of amides is 1. The first-order valence-electron chi connectivity index (χ1n) is 10.5. The van der Waals surface area contributed by atoms with Gasteiger partial charge in [0.05, 0.1) is 22.9 Å². The first-order chi connectivity index (χ1) is 17.1. The van der Waals surface area contributed by atoms with Gasteiger partial charge >= 0.3 is 6.18 Å². The third-order valence-electron chi connectivity index (χ3n) is 4.79. The minimum absolute atomic E-state index is 0.102. The van der Waals surface area contributed by atoms with Crippen LogP contribution in [0.1, 0.15) is 23.6 Å². The molecule has 3 rings (SSSR count). The van der Waals surface area contributed by atoms with Crippen LogP contribution in [0.25, 0.3) is 6.08 Å². The molecule has 10 heteroatoms. The van der Waals surface area contributed by atoms with Gasteiger partial charge in [0.1, 0.15) is 18.2 Å². The molecule has 5 nitrogen and oxygen atoms in total. The molecule has 1 amide bonds. The number of nitriles is 1. The molecule has 0 aliphatic heterocycles. The van der Waals surface area contributed by atoms with Crippen molar-refractivity contribution in [3.63, 3.8) is 0 Å². The fourth-order valence-corrected chi connectivity index (χ4v) is 3.34. The number of halogens is 5. The molecule has 0 saturated carbocycles. The van der Waals surface area contributed by atoms with Crippen molar-refractivity contribution in [2.45, 2.75) is 19.7 Å². The summed E-state index contributed by atoms with van der Waals surface area (Å²) in [6.45, 7) is 2.39. The zero-order valence-corrected chi connectivity index (χ0v) is 20.3. The number of carbonyl (C=O) groups excluding carboxylic acids is 1. The standard InChI is InChI=1S/C26H19Cl2F3N2O3/c1-2-35-24-12-17(5-10-23(24)36-15-16-3-7-20(27)8-4-16)11-18(14-32)25(34)33-22-13-19(26(29,30)31)6-9-21(22)28/h3-13H,2,15H2,1H3,(H,33,34)/b18-11+. The second-order valence-electron chi connectivity index (χ2n) is 7.37. The van der Waals surface area contributed by atoms with Crippen LogP contribution >= 0.6 is 23.2 Å². The van der Waals surface area contributed by atoms with E-state index in [9.17, 15) is 23.2 Å². The highest BCUT2D eigenvalue weighted by Crippen LogP contribution is 2.34. The maximum absolute atomic E-state index is 13.0. The molecule has 0 atom stereocenters. The van der Waals surface area contributed by atoms with Gasteiger partial charge in [-0.2, -0.15) is 18.4 Å². The van der Waals surface area contributed by atoms with Crippen LogP contribution in [0.2, 0.25) is 10.0 Å². The van der Waals surface area contributed by atoms with Crippen LogP contribution in [0, 0.1) is 11.3 Å². The Balaban J connectivity index is 1.81. The molecule has 1 N–H and O–H groups in total. The van der Waals surface area contributed by atoms with Gasteiger partial charge in [-0.1, -0.05) is 41.4 Å². The Kier molecular flexibility index (Phi) is 8.86. The molecule has 36 heavy (non-hydrogen) atoms. The molecule has 0 unspecified atom stereocenters. The van der Waals surface area contributed by atoms with E-state index < -0.39 is 17.6 Å². The van der Waals surface area contributed by atoms with Gasteiger partial charge in [-0.3, -0.25) is 4.79 Å². The van der Waals surface area contributed by atoms with Gasteiger partial charge in [0.15, 0.2) is 11.5 Å². The van der Waals surface area contributed by atoms with Crippen molar-refractivity contribution in [3.8, 4) is 17.6 Å². The van der Waals surface area contributed by atoms with Crippen molar-refractivity contribution < 1.29 is 27.4 Å². The van der Waals surface area contributed by atoms with Crippen LogP contribution in [-0.4, -0.2) is 12.5 Å². The molecule has 0 bridgehead atoms. The number of benzene rings is 3. The van der Waals surface area contributed by atoms with Crippen LogP contribution in [0.3, 0.4) is 0 Å². The summed E-state index contributed by atoms with van der Waals surface area (Å²) in [5.74, 6) is -0.0822. The monoisotopic (exact) mass is 534 g/mol. The van der Waals surface area contributed by atoms with Crippen LogP contribution < -0.4 is 14.8 Å². The smallest absolute Gasteiger partial charge is 0.416 e. The predicted octanol–water partition coefficient (Wildman–Crippen LogP) is 7.54. The molecule has 0 aliphatic rings. The molecule has 0 aromatic heterocycles. The number of alkyl halides is 3. The third-order valence-corrected chi connectivity index (χ3v) is 5.37. The SMILES string of the molecule is CCOc1cc(/C=C(\C#N)C(=O)Nc2cc(C(F)(F)F)ccc2Cl)ccc1OCc1ccc(Cl)cc1. The molecule has 186 valence electrons. The van der Waals surface area contributed by atoms with E-state index in [1.165, 1.54) is 6.08 Å². The molecule has 3 aromatic carbocycles. The Labute approximate surface area is 215 Å². The average molecular weight is 535 g/mol. The van der Waals surface area contributed by atoms with E-state index >= 15 is 0 Å². The average Bonchev–Trinajstić information content (AvgIpc) is 2.83. The lowest BCUT2D eigenvalue weighted by Gasteiger charge is -2.13. The summed E-state index contributed by atoms with van der Waals surface area (Å²) in [6.07, 6.45) is -3.34. The van der Waals surface area contributed by atoms with Crippen molar-refractivity contribution in [1.29, 1.82) is 5.26 Å². The maximum Gasteiger partial charge on any atom is 0.416 e. The molecule has 0 fully saturated rings. The first kappa shape index (κ1) is 26.9. The molecule has 0 spiro atoms. The van der Waals surface area contributed by atoms with Crippen molar-refractivity contribution in [2.75, 3.05) is 11.9 Å². The molecule has 0 saturated heterocycles. The van der Waals surface area contributed by atoms with Crippen molar-refractivity contribution in [2.24, 2.45) is 0 Å². The number of carbonyl (C=O) groups is 1. The summed E-state index contributed by atoms with van der Waals surface area (Å²) < 4.78 is 50.5. The number of hydrogen-bond acceptors (Lipinski definition) is 4. The van der Waals surface area contributed by atoms with Crippen LogP contribution in [0.15, 0.2) is 66.2 Å². The zero-order valence-electron chi connectivity index (χ0n) is 18.8. The number of ether oxygens (including phenoxy) is 2. The second-order valence-corrected chi connectivity index (χ2v) is 8.21. The minimum Gasteiger partial charge on any atom is -0.490 e. The third kappa shape index (κ3) is 7.17. The zero-order chi connectivity index (χ0) is 26.3. The largest absolute Gasteiger partial charge is 0.490 e. The Bertz CT molecular complexity index is 1320. The Hall–Kier alpha value is -3.67. The van der Waals surface area contributed by atoms with E-state index in [0.29, 0.717) is 34.8 Å². The summed E-state index contributed by atoms with van der Waals surface area (Å²) in [5.41, 5.74) is -0.263. The summed E-state index contributed by atoms with van der Waals surface area (Å²) in [5, 5.41) is 12.3. The van der Waals surface area contributed by atoms with Gasteiger partial charge in [0.25, 0.3) is 5.91 Å². The highest BCUT2D eigenvalue weighted by Gasteiger charge is 2.31. The lowest BCUT2D eigenvalue weighted by Crippen LogP contribution is -2.15. The van der Waals surface area contributed by atoms with Crippen molar-refractivity contribution in [3.05, 3.63) is 93.0 Å². The van der Waals surface area contributed by atoms with Crippen molar-refractivity contribution >= 4 is 40.9 Å². The van der Waals surface area contributed by atoms with Gasteiger partial charge in [-0.15, -0.1) is 0 Å². The lowest BCUT2D eigenvalue weighted by atomic mass is 10.1. The van der Waals surface area contributed by atoms with Gasteiger partial charge in [0, 0.05) is 5.02 Å². The summed E-state index contributed by atoms with van der Waals surface area (Å²) in [6, 6.07) is 16.3. The highest BCUT2D eigenvalue weighted by molar-refractivity contribution is 6.34. The molecule has 3 aromatic rings. The molecule has 0 aliphatic carbocycles. The number of hydrogen-bond donors (Lipinski definition) is 1. The lowest BCUT2D eigenvalue weighted by molar-refractivity contribution is -0.137. The summed E-state index contributed by atoms with van der Waals surface area (Å²) in [4.78, 5) is 12.6. The Morgan fingerprint density at radius 3 is 2.39 bits per heavy atom. The van der Waals surface area contributed by atoms with Gasteiger partial charge < -0.3 is 14.8 Å². The van der Waals surface area contributed by atoms with E-state index in [2.05, 4.69) is 5.32 Å². The van der Waals surface area contributed by atoms with E-state index in [0.717, 1.165) is 17.7 Å². The van der Waals surface area contributed by atoms with E-state index in [1.54, 1.807) is 43.3 Å². The normalized spacial score (nSPS) is 11.5. The summed E-state index contributed by atoms with van der Waals surface area (Å²) >= 11 is 11.8. The predicted molar refractivity (Wildman–Crippen MR) is 132 cm³/mol. The topological polar surface area (TPSA) is 71.3 Å². The maximum atomic E-state index is 13.0. The van der Waals surface area contributed by atoms with Crippen molar-refractivity contribution in [1.82, 2.24) is 0 Å². The second kappa shape index (κ2) is 11.8. The fourth-order valence-electron chi connectivity index (χ4n) is 3.05.